The minimum Gasteiger partial charge on any atom is -0.497 e. The molecule has 6 nitrogen and oxygen atoms in total. The Morgan fingerprint density at radius 3 is 2.67 bits per heavy atom. The van der Waals surface area contributed by atoms with Gasteiger partial charge >= 0.3 is 0 Å². The summed E-state index contributed by atoms with van der Waals surface area (Å²) in [5.74, 6) is 0.312. The lowest BCUT2D eigenvalue weighted by atomic mass is 9.92. The molecule has 0 saturated carbocycles. The van der Waals surface area contributed by atoms with Gasteiger partial charge in [0.05, 0.1) is 19.1 Å². The molecule has 24 heavy (non-hydrogen) atoms. The van der Waals surface area contributed by atoms with E-state index in [4.69, 9.17) is 10.5 Å². The highest BCUT2D eigenvalue weighted by Crippen LogP contribution is 2.39. The molecular formula is C18H27N3O3. The Balaban J connectivity index is 2.27. The van der Waals surface area contributed by atoms with Crippen molar-refractivity contribution in [2.24, 2.45) is 11.7 Å². The van der Waals surface area contributed by atoms with Gasteiger partial charge in [-0.05, 0) is 24.1 Å². The van der Waals surface area contributed by atoms with Crippen LogP contribution in [0.4, 0.5) is 0 Å². The number of ether oxygens (including phenoxy) is 1. The molecule has 2 rings (SSSR count). The normalized spacial score (nSPS) is 20.3. The standard InChI is InChI=1S/C18H27N3O3/c1-3-4-11-21-16(22)12-15(18(23)20-10-9-19)17(21)13-5-7-14(24-2)8-6-13/h5-8,15,17H,3-4,9-12,19H2,1-2H3,(H,20,23). The first kappa shape index (κ1) is 18.3. The Bertz CT molecular complexity index is 559. The number of methoxy groups -OCH3 is 1. The third-order valence-electron chi connectivity index (χ3n) is 4.42. The van der Waals surface area contributed by atoms with Crippen LogP contribution >= 0.6 is 0 Å². The van der Waals surface area contributed by atoms with Gasteiger partial charge in [-0.25, -0.2) is 0 Å². The maximum Gasteiger partial charge on any atom is 0.226 e. The zero-order valence-electron chi connectivity index (χ0n) is 14.5. The van der Waals surface area contributed by atoms with Crippen molar-refractivity contribution < 1.29 is 14.3 Å². The first-order valence-electron chi connectivity index (χ1n) is 8.53. The van der Waals surface area contributed by atoms with Crippen molar-refractivity contribution >= 4 is 11.8 Å². The zero-order valence-corrected chi connectivity index (χ0v) is 14.5. The minimum atomic E-state index is -0.380. The van der Waals surface area contributed by atoms with Crippen LogP contribution in [0.3, 0.4) is 0 Å². The van der Waals surface area contributed by atoms with Crippen LogP contribution in [0, 0.1) is 5.92 Å². The van der Waals surface area contributed by atoms with Gasteiger partial charge in [-0.2, -0.15) is 0 Å². The smallest absolute Gasteiger partial charge is 0.226 e. The number of nitrogens with zero attached hydrogens (tertiary/aromatic N) is 1. The van der Waals surface area contributed by atoms with Crippen molar-refractivity contribution in [2.45, 2.75) is 32.2 Å². The van der Waals surface area contributed by atoms with Gasteiger partial charge in [-0.3, -0.25) is 9.59 Å². The molecule has 1 aliphatic rings. The Kier molecular flexibility index (Phi) is 6.61. The molecule has 1 heterocycles. The van der Waals surface area contributed by atoms with E-state index in [-0.39, 0.29) is 30.2 Å². The first-order chi connectivity index (χ1) is 11.6. The molecule has 1 aromatic rings. The highest BCUT2D eigenvalue weighted by Gasteiger charge is 2.43. The van der Waals surface area contributed by atoms with Crippen molar-refractivity contribution in [3.63, 3.8) is 0 Å². The predicted octanol–water partition coefficient (Wildman–Crippen LogP) is 1.46. The summed E-state index contributed by atoms with van der Waals surface area (Å²) in [5.41, 5.74) is 6.43. The summed E-state index contributed by atoms with van der Waals surface area (Å²) in [7, 11) is 1.62. The average molecular weight is 333 g/mol. The SMILES string of the molecule is CCCCN1C(=O)CC(C(=O)NCCN)C1c1ccc(OC)cc1. The number of benzene rings is 1. The molecule has 6 heteroatoms. The van der Waals surface area contributed by atoms with E-state index in [0.29, 0.717) is 19.6 Å². The number of carbonyl (C=O) groups excluding carboxylic acids is 2. The van der Waals surface area contributed by atoms with E-state index >= 15 is 0 Å². The second-order valence-electron chi connectivity index (χ2n) is 6.05. The summed E-state index contributed by atoms with van der Waals surface area (Å²) in [5, 5.41) is 2.83. The number of nitrogens with two attached hydrogens (primary N) is 1. The molecule has 2 atom stereocenters. The summed E-state index contributed by atoms with van der Waals surface area (Å²) >= 11 is 0. The maximum atomic E-state index is 12.5. The van der Waals surface area contributed by atoms with Crippen LogP contribution in [0.1, 0.15) is 37.8 Å². The Morgan fingerprint density at radius 2 is 2.08 bits per heavy atom. The van der Waals surface area contributed by atoms with E-state index in [9.17, 15) is 9.59 Å². The van der Waals surface area contributed by atoms with Crippen LogP contribution in [0.5, 0.6) is 5.75 Å². The number of carbonyl (C=O) groups is 2. The third-order valence-corrected chi connectivity index (χ3v) is 4.42. The molecule has 0 radical (unpaired) electrons. The Morgan fingerprint density at radius 1 is 1.38 bits per heavy atom. The van der Waals surface area contributed by atoms with Crippen LogP contribution in [0.2, 0.25) is 0 Å². The van der Waals surface area contributed by atoms with E-state index in [1.165, 1.54) is 0 Å². The minimum absolute atomic E-state index is 0.0390. The number of nitrogens with one attached hydrogen (secondary N) is 1. The fourth-order valence-electron chi connectivity index (χ4n) is 3.16. The van der Waals surface area contributed by atoms with Gasteiger partial charge in [0.15, 0.2) is 0 Å². The molecule has 0 bridgehead atoms. The summed E-state index contributed by atoms with van der Waals surface area (Å²) in [4.78, 5) is 26.8. The van der Waals surface area contributed by atoms with E-state index in [1.54, 1.807) is 7.11 Å². The lowest BCUT2D eigenvalue weighted by molar-refractivity contribution is -0.129. The highest BCUT2D eigenvalue weighted by molar-refractivity contribution is 5.90. The maximum absolute atomic E-state index is 12.5. The number of amides is 2. The van der Waals surface area contributed by atoms with Crippen LogP contribution in [0.25, 0.3) is 0 Å². The van der Waals surface area contributed by atoms with Gasteiger partial charge in [0, 0.05) is 26.1 Å². The van der Waals surface area contributed by atoms with Gasteiger partial charge in [-0.15, -0.1) is 0 Å². The Labute approximate surface area is 143 Å². The fraction of sp³-hybridized carbons (Fsp3) is 0.556. The summed E-state index contributed by atoms with van der Waals surface area (Å²) in [6.45, 7) is 3.58. The summed E-state index contributed by atoms with van der Waals surface area (Å²) in [6, 6.07) is 7.37. The van der Waals surface area contributed by atoms with Crippen LogP contribution in [0.15, 0.2) is 24.3 Å². The quantitative estimate of drug-likeness (QED) is 0.754. The predicted molar refractivity (Wildman–Crippen MR) is 92.5 cm³/mol. The van der Waals surface area contributed by atoms with Crippen molar-refractivity contribution in [3.05, 3.63) is 29.8 Å². The van der Waals surface area contributed by atoms with Gasteiger partial charge in [-0.1, -0.05) is 25.5 Å². The van der Waals surface area contributed by atoms with Crippen molar-refractivity contribution in [2.75, 3.05) is 26.7 Å². The van der Waals surface area contributed by atoms with E-state index in [0.717, 1.165) is 24.2 Å². The van der Waals surface area contributed by atoms with Crippen molar-refractivity contribution in [1.29, 1.82) is 0 Å². The molecular weight excluding hydrogens is 306 g/mol. The van der Waals surface area contributed by atoms with E-state index in [1.807, 2.05) is 29.2 Å². The number of unbranched alkanes of at least 4 members (excludes halogenated alkanes) is 1. The summed E-state index contributed by atoms with van der Waals surface area (Å²) < 4.78 is 5.20. The number of hydrogen-bond acceptors (Lipinski definition) is 4. The molecule has 1 aromatic carbocycles. The Hall–Kier alpha value is -2.08. The third kappa shape index (κ3) is 4.06. The topological polar surface area (TPSA) is 84.7 Å². The summed E-state index contributed by atoms with van der Waals surface area (Å²) in [6.07, 6.45) is 2.18. The van der Waals surface area contributed by atoms with Crippen LogP contribution in [-0.4, -0.2) is 43.5 Å². The molecule has 1 saturated heterocycles. The molecule has 132 valence electrons. The second-order valence-corrected chi connectivity index (χ2v) is 6.05. The molecule has 3 N–H and O–H groups in total. The molecule has 2 unspecified atom stereocenters. The lowest BCUT2D eigenvalue weighted by Crippen LogP contribution is -2.37. The molecule has 1 aliphatic heterocycles. The average Bonchev–Trinajstić information content (AvgIpc) is 2.94. The molecule has 2 amide bonds. The zero-order chi connectivity index (χ0) is 17.5. The van der Waals surface area contributed by atoms with Gasteiger partial charge in [0.2, 0.25) is 11.8 Å². The molecule has 0 aliphatic carbocycles. The lowest BCUT2D eigenvalue weighted by Gasteiger charge is -2.28. The highest BCUT2D eigenvalue weighted by atomic mass is 16.5. The first-order valence-corrected chi connectivity index (χ1v) is 8.53. The van der Waals surface area contributed by atoms with Crippen LogP contribution < -0.4 is 15.8 Å². The number of rotatable bonds is 8. The molecule has 0 spiro atoms. The monoisotopic (exact) mass is 333 g/mol. The largest absolute Gasteiger partial charge is 0.497 e. The number of likely N-dealkylation sites (tertiary alicyclic amines) is 1. The molecule has 1 fully saturated rings. The van der Waals surface area contributed by atoms with Gasteiger partial charge in [0.1, 0.15) is 5.75 Å². The second kappa shape index (κ2) is 8.68. The van der Waals surface area contributed by atoms with Gasteiger partial charge in [0.25, 0.3) is 0 Å². The van der Waals surface area contributed by atoms with Gasteiger partial charge < -0.3 is 20.7 Å². The molecule has 0 aromatic heterocycles. The number of hydrogen-bond donors (Lipinski definition) is 2. The van der Waals surface area contributed by atoms with Crippen LogP contribution in [-0.2, 0) is 9.59 Å². The van der Waals surface area contributed by atoms with Crippen molar-refractivity contribution in [1.82, 2.24) is 10.2 Å². The van der Waals surface area contributed by atoms with Crippen molar-refractivity contribution in [3.8, 4) is 5.75 Å². The fourth-order valence-corrected chi connectivity index (χ4v) is 3.16. The van der Waals surface area contributed by atoms with E-state index in [2.05, 4.69) is 12.2 Å². The van der Waals surface area contributed by atoms with E-state index < -0.39 is 0 Å².